The van der Waals surface area contributed by atoms with Gasteiger partial charge in [0.1, 0.15) is 0 Å². The summed E-state index contributed by atoms with van der Waals surface area (Å²) < 4.78 is 77.9. The fraction of sp³-hybridized carbons (Fsp3) is 0.250. The van der Waals surface area contributed by atoms with Gasteiger partial charge in [-0.15, -0.1) is 0 Å². The Morgan fingerprint density at radius 2 is 1.18 bits per heavy atom. The first kappa shape index (κ1) is 25.0. The summed E-state index contributed by atoms with van der Waals surface area (Å²) in [6.45, 7) is -0.755. The van der Waals surface area contributed by atoms with Crippen molar-refractivity contribution in [3.05, 3.63) is 59.7 Å². The molecule has 0 fully saturated rings. The maximum absolute atomic E-state index is 13.0. The van der Waals surface area contributed by atoms with Gasteiger partial charge in [0.25, 0.3) is 0 Å². The first-order valence-electron chi connectivity index (χ1n) is 9.61. The molecule has 14 heteroatoms. The lowest BCUT2D eigenvalue weighted by Crippen LogP contribution is -2.24. The topological polar surface area (TPSA) is 115 Å². The quantitative estimate of drug-likeness (QED) is 0.300. The van der Waals surface area contributed by atoms with Crippen molar-refractivity contribution >= 4 is 29.2 Å². The van der Waals surface area contributed by atoms with Gasteiger partial charge < -0.3 is 26.2 Å². The molecule has 1 atom stereocenters. The molecule has 0 bridgehead atoms. The van der Waals surface area contributed by atoms with Crippen molar-refractivity contribution in [2.24, 2.45) is 0 Å². The van der Waals surface area contributed by atoms with Gasteiger partial charge in [-0.3, -0.25) is 0 Å². The molecule has 0 aliphatic carbocycles. The number of aromatic nitrogens is 3. The molecule has 3 aromatic rings. The van der Waals surface area contributed by atoms with E-state index < -0.39 is 36.2 Å². The van der Waals surface area contributed by atoms with Crippen LogP contribution in [-0.4, -0.2) is 44.4 Å². The minimum Gasteiger partial charge on any atom is -0.394 e. The van der Waals surface area contributed by atoms with Crippen LogP contribution in [0.5, 0.6) is 0 Å². The Morgan fingerprint density at radius 1 is 0.735 bits per heavy atom. The van der Waals surface area contributed by atoms with Gasteiger partial charge in [0.2, 0.25) is 17.8 Å². The molecule has 0 saturated heterocycles. The highest BCUT2D eigenvalue weighted by Gasteiger charge is 2.31. The van der Waals surface area contributed by atoms with E-state index in [1.807, 2.05) is 0 Å². The highest BCUT2D eigenvalue weighted by Crippen LogP contribution is 2.32. The van der Waals surface area contributed by atoms with E-state index in [0.29, 0.717) is 0 Å². The second-order valence-corrected chi connectivity index (χ2v) is 6.93. The summed E-state index contributed by atoms with van der Waals surface area (Å²) in [5.41, 5.74) is -1.85. The average molecular weight is 488 g/mol. The van der Waals surface area contributed by atoms with E-state index in [1.54, 1.807) is 0 Å². The number of halogens is 6. The maximum Gasteiger partial charge on any atom is 0.416 e. The van der Waals surface area contributed by atoms with Crippen LogP contribution in [0.4, 0.5) is 55.6 Å². The normalized spacial score (nSPS) is 12.8. The van der Waals surface area contributed by atoms with Crippen molar-refractivity contribution in [1.29, 1.82) is 0 Å². The Labute approximate surface area is 188 Å². The Kier molecular flexibility index (Phi) is 7.41. The van der Waals surface area contributed by atoms with Crippen LogP contribution in [0.25, 0.3) is 0 Å². The predicted octanol–water partition coefficient (Wildman–Crippen LogP) is 4.16. The fourth-order valence-corrected chi connectivity index (χ4v) is 2.65. The van der Waals surface area contributed by atoms with Gasteiger partial charge in [-0.1, -0.05) is 12.1 Å². The van der Waals surface area contributed by atoms with Gasteiger partial charge in [0, 0.05) is 17.9 Å². The van der Waals surface area contributed by atoms with E-state index in [4.69, 9.17) is 5.11 Å². The Morgan fingerprint density at radius 3 is 1.59 bits per heavy atom. The van der Waals surface area contributed by atoms with Gasteiger partial charge in [-0.05, 0) is 36.4 Å². The van der Waals surface area contributed by atoms with Gasteiger partial charge in [0.15, 0.2) is 0 Å². The maximum atomic E-state index is 13.0. The number of alkyl halides is 6. The van der Waals surface area contributed by atoms with E-state index in [9.17, 15) is 31.4 Å². The molecule has 2 aromatic carbocycles. The molecule has 34 heavy (non-hydrogen) atoms. The summed E-state index contributed by atoms with van der Waals surface area (Å²) in [5, 5.41) is 26.2. The van der Waals surface area contributed by atoms with Gasteiger partial charge in [-0.25, -0.2) is 0 Å². The molecule has 1 unspecified atom stereocenters. The van der Waals surface area contributed by atoms with E-state index in [-0.39, 0.29) is 35.8 Å². The molecule has 182 valence electrons. The fourth-order valence-electron chi connectivity index (χ4n) is 2.65. The number of aliphatic hydroxyl groups excluding tert-OH is 2. The Hall–Kier alpha value is -3.65. The molecule has 0 amide bonds. The number of hydrogen-bond donors (Lipinski definition) is 5. The van der Waals surface area contributed by atoms with Gasteiger partial charge >= 0.3 is 12.4 Å². The third kappa shape index (κ3) is 6.92. The zero-order chi connectivity index (χ0) is 24.9. The molecule has 0 spiro atoms. The van der Waals surface area contributed by atoms with E-state index >= 15 is 0 Å². The van der Waals surface area contributed by atoms with Crippen molar-refractivity contribution in [2.45, 2.75) is 18.5 Å². The third-order valence-electron chi connectivity index (χ3n) is 4.23. The van der Waals surface area contributed by atoms with Crippen LogP contribution in [0.1, 0.15) is 11.1 Å². The Balaban J connectivity index is 1.91. The summed E-state index contributed by atoms with van der Waals surface area (Å²) in [5.74, 6) is -0.624. The summed E-state index contributed by atoms with van der Waals surface area (Å²) in [4.78, 5) is 12.0. The van der Waals surface area contributed by atoms with Crippen molar-refractivity contribution in [1.82, 2.24) is 15.0 Å². The minimum atomic E-state index is -4.58. The number of benzene rings is 2. The summed E-state index contributed by atoms with van der Waals surface area (Å²) >= 11 is 0. The van der Waals surface area contributed by atoms with Crippen molar-refractivity contribution in [3.63, 3.8) is 0 Å². The van der Waals surface area contributed by atoms with Crippen LogP contribution in [0.3, 0.4) is 0 Å². The van der Waals surface area contributed by atoms with Crippen molar-refractivity contribution in [3.8, 4) is 0 Å². The third-order valence-corrected chi connectivity index (χ3v) is 4.23. The van der Waals surface area contributed by atoms with Crippen LogP contribution in [0.2, 0.25) is 0 Å². The summed E-state index contributed by atoms with van der Waals surface area (Å²) in [7, 11) is 0. The summed E-state index contributed by atoms with van der Waals surface area (Å²) in [6.07, 6.45) is -10.3. The first-order valence-corrected chi connectivity index (χ1v) is 9.61. The Bertz CT molecular complexity index is 1050. The van der Waals surface area contributed by atoms with Crippen LogP contribution < -0.4 is 16.0 Å². The zero-order valence-corrected chi connectivity index (χ0v) is 17.1. The zero-order valence-electron chi connectivity index (χ0n) is 17.1. The molecule has 5 N–H and O–H groups in total. The number of hydrogen-bond acceptors (Lipinski definition) is 8. The first-order chi connectivity index (χ1) is 15.9. The monoisotopic (exact) mass is 488 g/mol. The SMILES string of the molecule is OCC(O)CNc1nc(Nc2cccc(C(F)(F)F)c2)nc(Nc2cccc(C(F)(F)F)c2)n1. The van der Waals surface area contributed by atoms with Crippen LogP contribution in [0, 0.1) is 0 Å². The molecular formula is C20H18F6N6O2. The number of aliphatic hydroxyl groups is 2. The van der Waals surface area contributed by atoms with E-state index in [1.165, 1.54) is 24.3 Å². The molecule has 3 rings (SSSR count). The summed E-state index contributed by atoms with van der Waals surface area (Å²) in [6, 6.07) is 8.42. The number of anilines is 5. The predicted molar refractivity (Wildman–Crippen MR) is 111 cm³/mol. The van der Waals surface area contributed by atoms with Crippen LogP contribution in [0.15, 0.2) is 48.5 Å². The van der Waals surface area contributed by atoms with E-state index in [2.05, 4.69) is 30.9 Å². The smallest absolute Gasteiger partial charge is 0.394 e. The number of nitrogens with zero attached hydrogens (tertiary/aromatic N) is 3. The number of nitrogens with one attached hydrogen (secondary N) is 3. The van der Waals surface area contributed by atoms with E-state index in [0.717, 1.165) is 24.3 Å². The standard InChI is InChI=1S/C20H18F6N6O2/c21-19(22,23)11-3-1-5-13(7-11)28-17-30-16(27-9-15(34)10-33)31-18(32-17)29-14-6-2-4-12(8-14)20(24,25)26/h1-8,15,33-34H,9-10H2,(H3,27,28,29,30,31,32). The second kappa shape index (κ2) is 10.1. The molecule has 1 aromatic heterocycles. The molecule has 0 saturated carbocycles. The minimum absolute atomic E-state index is 0.00705. The highest BCUT2D eigenvalue weighted by atomic mass is 19.4. The largest absolute Gasteiger partial charge is 0.416 e. The number of rotatable bonds is 8. The van der Waals surface area contributed by atoms with Crippen LogP contribution in [-0.2, 0) is 12.4 Å². The van der Waals surface area contributed by atoms with Crippen LogP contribution >= 0.6 is 0 Å². The lowest BCUT2D eigenvalue weighted by molar-refractivity contribution is -0.138. The second-order valence-electron chi connectivity index (χ2n) is 6.93. The average Bonchev–Trinajstić information content (AvgIpc) is 2.76. The molecular weight excluding hydrogens is 470 g/mol. The molecule has 0 aliphatic rings. The molecule has 1 heterocycles. The van der Waals surface area contributed by atoms with Gasteiger partial charge in [0.05, 0.1) is 23.8 Å². The van der Waals surface area contributed by atoms with Crippen molar-refractivity contribution < 1.29 is 36.6 Å². The highest BCUT2D eigenvalue weighted by molar-refractivity contribution is 5.60. The lowest BCUT2D eigenvalue weighted by atomic mass is 10.2. The molecule has 0 aliphatic heterocycles. The molecule has 0 radical (unpaired) electrons. The lowest BCUT2D eigenvalue weighted by Gasteiger charge is -2.14. The van der Waals surface area contributed by atoms with Crippen molar-refractivity contribution in [2.75, 3.05) is 29.1 Å². The molecule has 8 nitrogen and oxygen atoms in total. The van der Waals surface area contributed by atoms with Gasteiger partial charge in [-0.2, -0.15) is 41.3 Å².